The number of methoxy groups -OCH3 is 1. The minimum absolute atomic E-state index is 0.0168. The second-order valence-electron chi connectivity index (χ2n) is 6.67. The Bertz CT molecular complexity index is 702. The Morgan fingerprint density at radius 3 is 2.60 bits per heavy atom. The number of carbonyl (C=O) groups is 3. The van der Waals surface area contributed by atoms with Crippen molar-refractivity contribution in [2.75, 3.05) is 13.7 Å². The molecule has 4 amide bonds. The van der Waals surface area contributed by atoms with Crippen LogP contribution in [0.25, 0.3) is 0 Å². The van der Waals surface area contributed by atoms with E-state index in [9.17, 15) is 14.4 Å². The Morgan fingerprint density at radius 1 is 1.36 bits per heavy atom. The van der Waals surface area contributed by atoms with Crippen molar-refractivity contribution >= 4 is 17.8 Å². The fraction of sp³-hybridized carbons (Fsp3) is 0.500. The molecule has 0 radical (unpaired) electrons. The Hall–Kier alpha value is -2.57. The van der Waals surface area contributed by atoms with E-state index >= 15 is 0 Å². The van der Waals surface area contributed by atoms with Gasteiger partial charge in [-0.05, 0) is 51.0 Å². The molecular weight excluding hydrogens is 322 g/mol. The molecule has 0 spiro atoms. The molecule has 1 aliphatic heterocycles. The van der Waals surface area contributed by atoms with E-state index in [0.717, 1.165) is 10.5 Å². The monoisotopic (exact) mass is 347 g/mol. The normalized spacial score (nSPS) is 20.0. The molecule has 136 valence electrons. The lowest BCUT2D eigenvalue weighted by molar-refractivity contribution is -0.131. The highest BCUT2D eigenvalue weighted by Gasteiger charge is 2.48. The third-order valence-corrected chi connectivity index (χ3v) is 4.26. The summed E-state index contributed by atoms with van der Waals surface area (Å²) in [4.78, 5) is 37.9. The van der Waals surface area contributed by atoms with Crippen LogP contribution in [0.2, 0.25) is 0 Å². The van der Waals surface area contributed by atoms with Crippen molar-refractivity contribution in [2.45, 2.75) is 45.7 Å². The Kier molecular flexibility index (Phi) is 5.35. The smallest absolute Gasteiger partial charge is 0.325 e. The minimum atomic E-state index is -1.15. The van der Waals surface area contributed by atoms with Gasteiger partial charge in [0.15, 0.2) is 0 Å². The first-order valence-corrected chi connectivity index (χ1v) is 8.27. The topological polar surface area (TPSA) is 87.7 Å². The van der Waals surface area contributed by atoms with Gasteiger partial charge in [0.2, 0.25) is 5.91 Å². The summed E-state index contributed by atoms with van der Waals surface area (Å²) in [6, 6.07) is 4.89. The van der Waals surface area contributed by atoms with E-state index in [2.05, 4.69) is 10.6 Å². The maximum Gasteiger partial charge on any atom is 0.325 e. The van der Waals surface area contributed by atoms with Gasteiger partial charge < -0.3 is 15.4 Å². The number of hydrogen-bond acceptors (Lipinski definition) is 4. The van der Waals surface area contributed by atoms with Gasteiger partial charge in [0.1, 0.15) is 11.3 Å². The number of nitrogens with one attached hydrogen (secondary N) is 2. The maximum absolute atomic E-state index is 12.8. The van der Waals surface area contributed by atoms with Crippen LogP contribution in [-0.4, -0.2) is 42.4 Å². The Labute approximate surface area is 147 Å². The number of carbonyl (C=O) groups excluding carboxylic acids is 3. The van der Waals surface area contributed by atoms with Crippen molar-refractivity contribution in [1.29, 1.82) is 0 Å². The molecule has 0 bridgehead atoms. The van der Waals surface area contributed by atoms with Crippen molar-refractivity contribution in [3.63, 3.8) is 0 Å². The molecule has 0 saturated carbocycles. The zero-order valence-corrected chi connectivity index (χ0v) is 15.3. The van der Waals surface area contributed by atoms with E-state index in [1.54, 1.807) is 26.2 Å². The largest absolute Gasteiger partial charge is 0.496 e. The van der Waals surface area contributed by atoms with Crippen molar-refractivity contribution in [1.82, 2.24) is 15.5 Å². The van der Waals surface area contributed by atoms with E-state index in [1.807, 2.05) is 26.8 Å². The first kappa shape index (κ1) is 18.8. The number of rotatable bonds is 6. The van der Waals surface area contributed by atoms with Crippen molar-refractivity contribution < 1.29 is 19.1 Å². The predicted molar refractivity (Wildman–Crippen MR) is 93.2 cm³/mol. The van der Waals surface area contributed by atoms with Crippen LogP contribution in [0.4, 0.5) is 4.79 Å². The van der Waals surface area contributed by atoms with Gasteiger partial charge in [-0.15, -0.1) is 0 Å². The Balaban J connectivity index is 2.16. The number of benzene rings is 1. The fourth-order valence-corrected chi connectivity index (χ4v) is 2.89. The van der Waals surface area contributed by atoms with Crippen LogP contribution in [0.5, 0.6) is 5.75 Å². The molecule has 1 saturated heterocycles. The SMILES string of the molecule is COc1ccc(C2(C)NC(=O)N(CCC(=O)NC(C)C)C2=O)cc1C. The van der Waals surface area contributed by atoms with Crippen LogP contribution < -0.4 is 15.4 Å². The average molecular weight is 347 g/mol. The molecule has 1 fully saturated rings. The van der Waals surface area contributed by atoms with Gasteiger partial charge in [0.05, 0.1) is 7.11 Å². The molecule has 2 N–H and O–H groups in total. The van der Waals surface area contributed by atoms with Gasteiger partial charge in [-0.1, -0.05) is 6.07 Å². The number of hydrogen-bond donors (Lipinski definition) is 2. The standard InChI is InChI=1S/C18H25N3O4/c1-11(2)19-15(22)8-9-21-16(23)18(4,20-17(21)24)13-6-7-14(25-5)12(3)10-13/h6-7,10-11H,8-9H2,1-5H3,(H,19,22)(H,20,24). The third-order valence-electron chi connectivity index (χ3n) is 4.26. The summed E-state index contributed by atoms with van der Waals surface area (Å²) in [7, 11) is 1.58. The number of aryl methyl sites for hydroxylation is 1. The lowest BCUT2D eigenvalue weighted by Crippen LogP contribution is -2.41. The molecule has 7 nitrogen and oxygen atoms in total. The molecule has 1 aliphatic rings. The van der Waals surface area contributed by atoms with E-state index in [4.69, 9.17) is 4.74 Å². The molecule has 7 heteroatoms. The molecule has 1 unspecified atom stereocenters. The highest BCUT2D eigenvalue weighted by molar-refractivity contribution is 6.07. The number of nitrogens with zero attached hydrogens (tertiary/aromatic N) is 1. The molecule has 25 heavy (non-hydrogen) atoms. The number of urea groups is 1. The van der Waals surface area contributed by atoms with Gasteiger partial charge in [-0.25, -0.2) is 4.79 Å². The Morgan fingerprint density at radius 2 is 2.04 bits per heavy atom. The van der Waals surface area contributed by atoms with Crippen LogP contribution >= 0.6 is 0 Å². The van der Waals surface area contributed by atoms with Gasteiger partial charge in [-0.2, -0.15) is 0 Å². The molecule has 1 aromatic rings. The van der Waals surface area contributed by atoms with Crippen molar-refractivity contribution in [2.24, 2.45) is 0 Å². The van der Waals surface area contributed by atoms with E-state index in [-0.39, 0.29) is 30.8 Å². The zero-order chi connectivity index (χ0) is 18.8. The summed E-state index contributed by atoms with van der Waals surface area (Å²) < 4.78 is 5.23. The predicted octanol–water partition coefficient (Wildman–Crippen LogP) is 1.69. The summed E-state index contributed by atoms with van der Waals surface area (Å²) >= 11 is 0. The molecular formula is C18H25N3O4. The zero-order valence-electron chi connectivity index (χ0n) is 15.3. The van der Waals surface area contributed by atoms with E-state index < -0.39 is 11.6 Å². The summed E-state index contributed by atoms with van der Waals surface area (Å²) in [5, 5.41) is 5.49. The van der Waals surface area contributed by atoms with Crippen LogP contribution in [-0.2, 0) is 15.1 Å². The quantitative estimate of drug-likeness (QED) is 0.767. The highest BCUT2D eigenvalue weighted by atomic mass is 16.5. The van der Waals surface area contributed by atoms with Gasteiger partial charge >= 0.3 is 6.03 Å². The number of ether oxygens (including phenoxy) is 1. The van der Waals surface area contributed by atoms with Crippen LogP contribution in [0, 0.1) is 6.92 Å². The molecule has 0 aliphatic carbocycles. The van der Waals surface area contributed by atoms with Crippen molar-refractivity contribution in [3.8, 4) is 5.75 Å². The fourth-order valence-electron chi connectivity index (χ4n) is 2.89. The van der Waals surface area contributed by atoms with Crippen LogP contribution in [0.15, 0.2) is 18.2 Å². The summed E-state index contributed by atoms with van der Waals surface area (Å²) in [6.45, 7) is 7.31. The second kappa shape index (κ2) is 7.13. The second-order valence-corrected chi connectivity index (χ2v) is 6.67. The number of amides is 4. The first-order valence-electron chi connectivity index (χ1n) is 8.27. The van der Waals surface area contributed by atoms with E-state index in [1.165, 1.54) is 0 Å². The molecule has 1 aromatic carbocycles. The van der Waals surface area contributed by atoms with Crippen molar-refractivity contribution in [3.05, 3.63) is 29.3 Å². The third kappa shape index (κ3) is 3.75. The van der Waals surface area contributed by atoms with Crippen LogP contribution in [0.1, 0.15) is 38.3 Å². The lowest BCUT2D eigenvalue weighted by Gasteiger charge is -2.23. The van der Waals surface area contributed by atoms with Crippen LogP contribution in [0.3, 0.4) is 0 Å². The molecule has 1 atom stereocenters. The highest BCUT2D eigenvalue weighted by Crippen LogP contribution is 2.31. The number of imide groups is 1. The molecule has 2 rings (SSSR count). The lowest BCUT2D eigenvalue weighted by atomic mass is 9.90. The summed E-state index contributed by atoms with van der Waals surface area (Å²) in [6.07, 6.45) is 0.0784. The van der Waals surface area contributed by atoms with Gasteiger partial charge in [0, 0.05) is 19.0 Å². The summed E-state index contributed by atoms with van der Waals surface area (Å²) in [5.74, 6) is 0.162. The van der Waals surface area contributed by atoms with E-state index in [0.29, 0.717) is 11.3 Å². The minimum Gasteiger partial charge on any atom is -0.496 e. The maximum atomic E-state index is 12.8. The summed E-state index contributed by atoms with van der Waals surface area (Å²) in [5.41, 5.74) is 0.402. The first-order chi connectivity index (χ1) is 11.7. The molecule has 0 aromatic heterocycles. The van der Waals surface area contributed by atoms with Gasteiger partial charge in [0.25, 0.3) is 5.91 Å². The molecule has 1 heterocycles. The van der Waals surface area contributed by atoms with Gasteiger partial charge in [-0.3, -0.25) is 14.5 Å². The average Bonchev–Trinajstić information content (AvgIpc) is 2.75.